The number of hydrogen-bond acceptors (Lipinski definition) is 4. The summed E-state index contributed by atoms with van der Waals surface area (Å²) in [6.45, 7) is 8.95. The fourth-order valence-corrected chi connectivity index (χ4v) is 4.84. The van der Waals surface area contributed by atoms with Gasteiger partial charge in [0.2, 0.25) is 9.84 Å². The molecule has 0 N–H and O–H groups in total. The summed E-state index contributed by atoms with van der Waals surface area (Å²) in [7, 11) is -3.64. The van der Waals surface area contributed by atoms with Crippen molar-refractivity contribution in [2.75, 3.05) is 13.2 Å². The Hall–Kier alpha value is -1.85. The summed E-state index contributed by atoms with van der Waals surface area (Å²) in [6.07, 6.45) is 0.115. The fraction of sp³-hybridized carbons (Fsp3) is 0.400. The molecule has 2 aromatic carbocycles. The van der Waals surface area contributed by atoms with E-state index in [2.05, 4.69) is 0 Å². The molecule has 5 heteroatoms. The Bertz CT molecular complexity index is 875. The summed E-state index contributed by atoms with van der Waals surface area (Å²) in [5, 5.41) is 0. The van der Waals surface area contributed by atoms with Gasteiger partial charge in [0.25, 0.3) is 0 Å². The largest absolute Gasteiger partial charge is 0.490 e. The van der Waals surface area contributed by atoms with Crippen LogP contribution in [-0.4, -0.2) is 27.7 Å². The molecule has 0 radical (unpaired) electrons. The highest BCUT2D eigenvalue weighted by atomic mass is 32.2. The second-order valence-electron chi connectivity index (χ2n) is 7.41. The number of hydrogen-bond donors (Lipinski definition) is 0. The predicted molar refractivity (Wildman–Crippen MR) is 97.0 cm³/mol. The lowest BCUT2D eigenvalue weighted by Gasteiger charge is -2.26. The van der Waals surface area contributed by atoms with Crippen LogP contribution in [0.25, 0.3) is 0 Å². The van der Waals surface area contributed by atoms with Crippen LogP contribution in [0.2, 0.25) is 0 Å². The van der Waals surface area contributed by atoms with Crippen LogP contribution in [0.15, 0.2) is 52.3 Å². The van der Waals surface area contributed by atoms with Gasteiger partial charge in [0.15, 0.2) is 0 Å². The average Bonchev–Trinajstić information content (AvgIpc) is 3.36. The normalized spacial score (nSPS) is 17.4. The minimum Gasteiger partial charge on any atom is -0.490 e. The van der Waals surface area contributed by atoms with Gasteiger partial charge < -0.3 is 9.47 Å². The van der Waals surface area contributed by atoms with Gasteiger partial charge in [0.1, 0.15) is 18.5 Å². The van der Waals surface area contributed by atoms with Crippen LogP contribution >= 0.6 is 0 Å². The molecule has 4 nitrogen and oxygen atoms in total. The molecule has 1 fully saturated rings. The zero-order chi connectivity index (χ0) is 18.2. The topological polar surface area (TPSA) is 55.9 Å². The van der Waals surface area contributed by atoms with Crippen LogP contribution < -0.4 is 4.74 Å². The van der Waals surface area contributed by atoms with E-state index in [0.29, 0.717) is 34.3 Å². The fourth-order valence-electron chi connectivity index (χ4n) is 2.92. The van der Waals surface area contributed by atoms with Crippen molar-refractivity contribution in [2.24, 2.45) is 0 Å². The highest BCUT2D eigenvalue weighted by Gasteiger charge is 2.32. The van der Waals surface area contributed by atoms with Gasteiger partial charge in [-0.15, -0.1) is 0 Å². The molecule has 1 aliphatic heterocycles. The molecule has 1 unspecified atom stereocenters. The van der Waals surface area contributed by atoms with Gasteiger partial charge in [-0.1, -0.05) is 45.0 Å². The van der Waals surface area contributed by atoms with Gasteiger partial charge >= 0.3 is 0 Å². The minimum atomic E-state index is -3.64. The van der Waals surface area contributed by atoms with Gasteiger partial charge in [0, 0.05) is 5.56 Å². The lowest BCUT2D eigenvalue weighted by Crippen LogP contribution is -2.20. The summed E-state index contributed by atoms with van der Waals surface area (Å²) in [6, 6.07) is 12.3. The predicted octanol–water partition coefficient (Wildman–Crippen LogP) is 3.90. The second kappa shape index (κ2) is 6.46. The molecule has 1 heterocycles. The SMILES string of the molecule is Cc1ccccc1S(=O)(=O)c1cccc(OCC2CO2)c1C(C)(C)C. The van der Waals surface area contributed by atoms with E-state index in [4.69, 9.17) is 9.47 Å². The third-order valence-corrected chi connectivity index (χ3v) is 6.19. The van der Waals surface area contributed by atoms with Crippen molar-refractivity contribution < 1.29 is 17.9 Å². The molecule has 1 atom stereocenters. The number of aryl methyl sites for hydroxylation is 1. The lowest BCUT2D eigenvalue weighted by atomic mass is 9.86. The first-order valence-corrected chi connectivity index (χ1v) is 9.88. The van der Waals surface area contributed by atoms with Gasteiger partial charge in [-0.3, -0.25) is 0 Å². The Morgan fingerprint density at radius 2 is 1.72 bits per heavy atom. The van der Waals surface area contributed by atoms with Gasteiger partial charge in [0.05, 0.1) is 16.4 Å². The smallest absolute Gasteiger partial charge is 0.207 e. The number of benzene rings is 2. The third kappa shape index (κ3) is 3.72. The van der Waals surface area contributed by atoms with E-state index < -0.39 is 9.84 Å². The van der Waals surface area contributed by atoms with E-state index in [0.717, 1.165) is 5.56 Å². The standard InChI is InChI=1S/C20H24O4S/c1-14-8-5-6-10-17(14)25(21,22)18-11-7-9-16(19(18)20(2,3)4)24-13-15-12-23-15/h5-11,15H,12-13H2,1-4H3. The Labute approximate surface area is 149 Å². The third-order valence-electron chi connectivity index (χ3n) is 4.24. The Balaban J connectivity index is 2.14. The first-order chi connectivity index (χ1) is 11.7. The average molecular weight is 360 g/mol. The highest BCUT2D eigenvalue weighted by Crippen LogP contribution is 2.39. The zero-order valence-corrected chi connectivity index (χ0v) is 15.9. The van der Waals surface area contributed by atoms with Crippen molar-refractivity contribution in [3.8, 4) is 5.75 Å². The Morgan fingerprint density at radius 1 is 1.08 bits per heavy atom. The van der Waals surface area contributed by atoms with E-state index in [1.54, 1.807) is 24.3 Å². The molecule has 0 bridgehead atoms. The first-order valence-electron chi connectivity index (χ1n) is 8.40. The quantitative estimate of drug-likeness (QED) is 0.759. The molecule has 0 aliphatic carbocycles. The van der Waals surface area contributed by atoms with E-state index in [1.807, 2.05) is 45.9 Å². The molecule has 25 heavy (non-hydrogen) atoms. The molecule has 0 aromatic heterocycles. The summed E-state index contributed by atoms with van der Waals surface area (Å²) in [4.78, 5) is 0.645. The molecular formula is C20H24O4S. The van der Waals surface area contributed by atoms with E-state index in [9.17, 15) is 8.42 Å². The zero-order valence-electron chi connectivity index (χ0n) is 15.1. The molecule has 2 aromatic rings. The minimum absolute atomic E-state index is 0.115. The van der Waals surface area contributed by atoms with Crippen molar-refractivity contribution >= 4 is 9.84 Å². The number of rotatable bonds is 5. The second-order valence-corrected chi connectivity index (χ2v) is 9.30. The molecule has 1 aliphatic rings. The summed E-state index contributed by atoms with van der Waals surface area (Å²) in [5.41, 5.74) is 1.06. The van der Waals surface area contributed by atoms with Crippen LogP contribution in [0.3, 0.4) is 0 Å². The molecular weight excluding hydrogens is 336 g/mol. The van der Waals surface area contributed by atoms with Crippen molar-refractivity contribution in [2.45, 2.75) is 49.0 Å². The summed E-state index contributed by atoms with van der Waals surface area (Å²) in [5.74, 6) is 0.609. The molecule has 1 saturated heterocycles. The highest BCUT2D eigenvalue weighted by molar-refractivity contribution is 7.91. The molecule has 0 amide bonds. The van der Waals surface area contributed by atoms with E-state index in [1.165, 1.54) is 0 Å². The summed E-state index contributed by atoms with van der Waals surface area (Å²) >= 11 is 0. The Morgan fingerprint density at radius 3 is 2.32 bits per heavy atom. The molecule has 134 valence electrons. The van der Waals surface area contributed by atoms with Crippen molar-refractivity contribution in [3.63, 3.8) is 0 Å². The number of sulfone groups is 1. The molecule has 0 saturated carbocycles. The van der Waals surface area contributed by atoms with Crippen LogP contribution in [0.1, 0.15) is 31.9 Å². The van der Waals surface area contributed by atoms with Crippen LogP contribution in [0.4, 0.5) is 0 Å². The monoisotopic (exact) mass is 360 g/mol. The molecule has 3 rings (SSSR count). The Kier molecular flexibility index (Phi) is 4.64. The number of ether oxygens (including phenoxy) is 2. The van der Waals surface area contributed by atoms with E-state index >= 15 is 0 Å². The first kappa shape index (κ1) is 18.0. The molecule has 0 spiro atoms. The maximum atomic E-state index is 13.3. The van der Waals surface area contributed by atoms with Gasteiger partial charge in [-0.05, 0) is 36.1 Å². The van der Waals surface area contributed by atoms with Crippen molar-refractivity contribution in [3.05, 3.63) is 53.6 Å². The summed E-state index contributed by atoms with van der Waals surface area (Å²) < 4.78 is 37.8. The van der Waals surface area contributed by atoms with Crippen LogP contribution in [0.5, 0.6) is 5.75 Å². The maximum absolute atomic E-state index is 13.3. The van der Waals surface area contributed by atoms with Gasteiger partial charge in [-0.2, -0.15) is 0 Å². The maximum Gasteiger partial charge on any atom is 0.207 e. The van der Waals surface area contributed by atoms with E-state index in [-0.39, 0.29) is 11.5 Å². The van der Waals surface area contributed by atoms with Crippen molar-refractivity contribution in [1.29, 1.82) is 0 Å². The van der Waals surface area contributed by atoms with Crippen LogP contribution in [0, 0.1) is 6.92 Å². The van der Waals surface area contributed by atoms with Crippen LogP contribution in [-0.2, 0) is 20.0 Å². The van der Waals surface area contributed by atoms with Crippen molar-refractivity contribution in [1.82, 2.24) is 0 Å². The lowest BCUT2D eigenvalue weighted by molar-refractivity contribution is 0.257. The number of epoxide rings is 1. The van der Waals surface area contributed by atoms with Gasteiger partial charge in [-0.25, -0.2) is 8.42 Å².